The molecule has 0 fully saturated rings. The van der Waals surface area contributed by atoms with E-state index in [0.29, 0.717) is 17.2 Å². The van der Waals surface area contributed by atoms with Crippen LogP contribution < -0.4 is 9.47 Å². The predicted octanol–water partition coefficient (Wildman–Crippen LogP) is 3.72. The molecule has 27 heavy (non-hydrogen) atoms. The van der Waals surface area contributed by atoms with Gasteiger partial charge in [0.15, 0.2) is 11.5 Å². The first kappa shape index (κ1) is 17.0. The molecule has 3 heterocycles. The van der Waals surface area contributed by atoms with Crippen LogP contribution in [0.3, 0.4) is 0 Å². The third kappa shape index (κ3) is 2.88. The fraction of sp³-hybridized carbons (Fsp3) is 0.158. The monoisotopic (exact) mass is 377 g/mol. The SMILES string of the molecule is COc1ccc(-c2nn3c(-c4ccc(C#N)nc4)c(C)nc3s2)cc1OC. The van der Waals surface area contributed by atoms with Gasteiger partial charge in [0, 0.05) is 17.3 Å². The molecular formula is C19H15N5O2S. The molecule has 0 amide bonds. The Hall–Kier alpha value is -3.44. The lowest BCUT2D eigenvalue weighted by Crippen LogP contribution is -1.93. The molecule has 0 aliphatic rings. The van der Waals surface area contributed by atoms with E-state index in [2.05, 4.69) is 9.97 Å². The Kier molecular flexibility index (Phi) is 4.22. The molecule has 8 heteroatoms. The molecule has 4 aromatic rings. The molecule has 7 nitrogen and oxygen atoms in total. The maximum absolute atomic E-state index is 8.94. The van der Waals surface area contributed by atoms with Crippen molar-refractivity contribution in [3.05, 3.63) is 47.9 Å². The third-order valence-electron chi connectivity index (χ3n) is 4.16. The van der Waals surface area contributed by atoms with Gasteiger partial charge in [0.05, 0.1) is 25.6 Å². The number of pyridine rings is 1. The Morgan fingerprint density at radius 2 is 1.85 bits per heavy atom. The lowest BCUT2D eigenvalue weighted by molar-refractivity contribution is 0.355. The Balaban J connectivity index is 1.82. The molecule has 0 saturated heterocycles. The van der Waals surface area contributed by atoms with Crippen LogP contribution in [0, 0.1) is 18.3 Å². The summed E-state index contributed by atoms with van der Waals surface area (Å²) in [6, 6.07) is 11.3. The van der Waals surface area contributed by atoms with Crippen molar-refractivity contribution in [2.45, 2.75) is 6.92 Å². The summed E-state index contributed by atoms with van der Waals surface area (Å²) in [5, 5.41) is 14.5. The number of hydrogen-bond acceptors (Lipinski definition) is 7. The Labute approximate surface area is 159 Å². The van der Waals surface area contributed by atoms with Gasteiger partial charge < -0.3 is 9.47 Å². The van der Waals surface area contributed by atoms with Crippen molar-refractivity contribution in [3.8, 4) is 39.4 Å². The first-order valence-corrected chi connectivity index (χ1v) is 8.91. The van der Waals surface area contributed by atoms with Crippen molar-refractivity contribution in [1.82, 2.24) is 19.6 Å². The molecule has 0 aliphatic carbocycles. The molecule has 0 N–H and O–H groups in total. The minimum atomic E-state index is 0.376. The number of fused-ring (bicyclic) bond motifs is 1. The Bertz CT molecular complexity index is 1170. The lowest BCUT2D eigenvalue weighted by Gasteiger charge is -2.08. The van der Waals surface area contributed by atoms with E-state index in [1.807, 2.05) is 41.8 Å². The molecule has 0 saturated carbocycles. The molecule has 134 valence electrons. The summed E-state index contributed by atoms with van der Waals surface area (Å²) < 4.78 is 12.5. The number of ether oxygens (including phenoxy) is 2. The van der Waals surface area contributed by atoms with E-state index in [-0.39, 0.29) is 0 Å². The number of benzene rings is 1. The highest BCUT2D eigenvalue weighted by Gasteiger charge is 2.17. The van der Waals surface area contributed by atoms with Crippen LogP contribution in [0.15, 0.2) is 36.5 Å². The van der Waals surface area contributed by atoms with Gasteiger partial charge in [-0.2, -0.15) is 10.4 Å². The van der Waals surface area contributed by atoms with Crippen LogP contribution in [0.25, 0.3) is 26.8 Å². The van der Waals surface area contributed by atoms with Crippen molar-refractivity contribution in [2.24, 2.45) is 0 Å². The molecule has 0 aliphatic heterocycles. The summed E-state index contributed by atoms with van der Waals surface area (Å²) in [7, 11) is 3.21. The van der Waals surface area contributed by atoms with E-state index in [1.165, 1.54) is 11.3 Å². The maximum atomic E-state index is 8.94. The number of hydrogen-bond donors (Lipinski definition) is 0. The minimum absolute atomic E-state index is 0.376. The highest BCUT2D eigenvalue weighted by Crippen LogP contribution is 2.35. The van der Waals surface area contributed by atoms with Crippen molar-refractivity contribution in [3.63, 3.8) is 0 Å². The van der Waals surface area contributed by atoms with Crippen LogP contribution in [0.2, 0.25) is 0 Å². The summed E-state index contributed by atoms with van der Waals surface area (Å²) in [4.78, 5) is 9.56. The van der Waals surface area contributed by atoms with E-state index >= 15 is 0 Å². The molecule has 0 bridgehead atoms. The molecule has 0 radical (unpaired) electrons. The van der Waals surface area contributed by atoms with Crippen LogP contribution in [0.5, 0.6) is 11.5 Å². The number of aryl methyl sites for hydroxylation is 1. The molecule has 3 aromatic heterocycles. The number of aromatic nitrogens is 4. The zero-order valence-corrected chi connectivity index (χ0v) is 15.7. The summed E-state index contributed by atoms with van der Waals surface area (Å²) in [6.45, 7) is 1.94. The van der Waals surface area contributed by atoms with Crippen molar-refractivity contribution in [2.75, 3.05) is 14.2 Å². The van der Waals surface area contributed by atoms with Gasteiger partial charge in [-0.05, 0) is 37.3 Å². The lowest BCUT2D eigenvalue weighted by atomic mass is 10.1. The summed E-state index contributed by atoms with van der Waals surface area (Å²) in [5.41, 5.74) is 3.89. The first-order chi connectivity index (χ1) is 13.1. The van der Waals surface area contributed by atoms with Crippen LogP contribution in [-0.4, -0.2) is 33.8 Å². The topological polar surface area (TPSA) is 85.3 Å². The third-order valence-corrected chi connectivity index (χ3v) is 5.12. The second-order valence-corrected chi connectivity index (χ2v) is 6.72. The second kappa shape index (κ2) is 6.70. The molecule has 0 unspecified atom stereocenters. The van der Waals surface area contributed by atoms with Crippen molar-refractivity contribution < 1.29 is 9.47 Å². The second-order valence-electron chi connectivity index (χ2n) is 5.76. The molecule has 1 aromatic carbocycles. The van der Waals surface area contributed by atoms with E-state index in [4.69, 9.17) is 19.8 Å². The van der Waals surface area contributed by atoms with Gasteiger partial charge in [0.25, 0.3) is 0 Å². The molecule has 0 atom stereocenters. The molecular weight excluding hydrogens is 362 g/mol. The minimum Gasteiger partial charge on any atom is -0.493 e. The summed E-state index contributed by atoms with van der Waals surface area (Å²) in [6.07, 6.45) is 1.67. The number of nitrogens with zero attached hydrogens (tertiary/aromatic N) is 5. The van der Waals surface area contributed by atoms with Crippen LogP contribution in [-0.2, 0) is 0 Å². The quantitative estimate of drug-likeness (QED) is 0.539. The normalized spacial score (nSPS) is 10.7. The number of imidazole rings is 1. The predicted molar refractivity (Wildman–Crippen MR) is 102 cm³/mol. The van der Waals surface area contributed by atoms with E-state index in [1.54, 1.807) is 26.5 Å². The standard InChI is InChI=1S/C19H15N5O2S/c1-11-17(13-4-6-14(9-20)21-10-13)24-19(22-11)27-18(23-24)12-5-7-15(25-2)16(8-12)26-3/h4-8,10H,1-3H3. The van der Waals surface area contributed by atoms with Gasteiger partial charge in [-0.1, -0.05) is 11.3 Å². The smallest absolute Gasteiger partial charge is 0.213 e. The Morgan fingerprint density at radius 3 is 2.52 bits per heavy atom. The zero-order chi connectivity index (χ0) is 19.0. The Morgan fingerprint density at radius 1 is 1.07 bits per heavy atom. The zero-order valence-electron chi connectivity index (χ0n) is 14.9. The van der Waals surface area contributed by atoms with Crippen LogP contribution in [0.4, 0.5) is 0 Å². The number of nitriles is 1. The van der Waals surface area contributed by atoms with Gasteiger partial charge >= 0.3 is 0 Å². The van der Waals surface area contributed by atoms with Crippen molar-refractivity contribution >= 4 is 16.3 Å². The highest BCUT2D eigenvalue weighted by molar-refractivity contribution is 7.19. The van der Waals surface area contributed by atoms with Crippen molar-refractivity contribution in [1.29, 1.82) is 5.26 Å². The fourth-order valence-corrected chi connectivity index (χ4v) is 3.81. The van der Waals surface area contributed by atoms with E-state index in [9.17, 15) is 0 Å². The fourth-order valence-electron chi connectivity index (χ4n) is 2.87. The van der Waals surface area contributed by atoms with Gasteiger partial charge in [0.1, 0.15) is 16.8 Å². The summed E-state index contributed by atoms with van der Waals surface area (Å²) >= 11 is 1.49. The first-order valence-electron chi connectivity index (χ1n) is 8.09. The molecule has 0 spiro atoms. The molecule has 4 rings (SSSR count). The summed E-state index contributed by atoms with van der Waals surface area (Å²) in [5.74, 6) is 1.32. The van der Waals surface area contributed by atoms with Gasteiger partial charge in [-0.15, -0.1) is 0 Å². The number of methoxy groups -OCH3 is 2. The van der Waals surface area contributed by atoms with E-state index < -0.39 is 0 Å². The largest absolute Gasteiger partial charge is 0.493 e. The van der Waals surface area contributed by atoms with Crippen LogP contribution in [0.1, 0.15) is 11.4 Å². The van der Waals surface area contributed by atoms with Gasteiger partial charge in [-0.25, -0.2) is 14.5 Å². The van der Waals surface area contributed by atoms with Crippen LogP contribution >= 0.6 is 11.3 Å². The number of rotatable bonds is 4. The van der Waals surface area contributed by atoms with E-state index in [0.717, 1.165) is 32.5 Å². The highest BCUT2D eigenvalue weighted by atomic mass is 32.1. The van der Waals surface area contributed by atoms with Gasteiger partial charge in [0.2, 0.25) is 4.96 Å². The average Bonchev–Trinajstić information content (AvgIpc) is 3.24. The van der Waals surface area contributed by atoms with Gasteiger partial charge in [-0.3, -0.25) is 0 Å². The maximum Gasteiger partial charge on any atom is 0.213 e. The average molecular weight is 377 g/mol.